The van der Waals surface area contributed by atoms with Crippen LogP contribution in [0.2, 0.25) is 0 Å². The fraction of sp³-hybridized carbons (Fsp3) is 0.714. The predicted molar refractivity (Wildman–Crippen MR) is 66.6 cm³/mol. The molecule has 0 spiro atoms. The van der Waals surface area contributed by atoms with Crippen molar-refractivity contribution in [2.24, 2.45) is 0 Å². The summed E-state index contributed by atoms with van der Waals surface area (Å²) in [6.07, 6.45) is 13.2. The van der Waals surface area contributed by atoms with E-state index in [0.717, 1.165) is 19.3 Å². The number of unbranched alkanes of at least 4 members (excludes halogenated alkanes) is 6. The standard InChI is InChI=1S/C14H24O/c1-2-3-4-5-6-7-8-9-10-11-12-13-14-15/h2-3,15H,4,7-14H2,1H3/b3-2+. The van der Waals surface area contributed by atoms with Crippen molar-refractivity contribution in [3.8, 4) is 11.8 Å². The van der Waals surface area contributed by atoms with Gasteiger partial charge in [-0.2, -0.15) is 0 Å². The van der Waals surface area contributed by atoms with E-state index in [1.165, 1.54) is 32.1 Å². The molecule has 0 aromatic rings. The molecular formula is C14H24O. The highest BCUT2D eigenvalue weighted by molar-refractivity contribution is 5.03. The summed E-state index contributed by atoms with van der Waals surface area (Å²) in [7, 11) is 0. The second kappa shape index (κ2) is 13.3. The maximum absolute atomic E-state index is 8.59. The first-order valence-electron chi connectivity index (χ1n) is 6.09. The number of hydrogen-bond donors (Lipinski definition) is 1. The summed E-state index contributed by atoms with van der Waals surface area (Å²) in [4.78, 5) is 0. The van der Waals surface area contributed by atoms with Gasteiger partial charge in [0.05, 0.1) is 0 Å². The predicted octanol–water partition coefficient (Wildman–Crippen LogP) is 3.68. The van der Waals surface area contributed by atoms with Crippen LogP contribution < -0.4 is 0 Å². The van der Waals surface area contributed by atoms with Crippen molar-refractivity contribution in [2.75, 3.05) is 6.61 Å². The molecule has 0 saturated heterocycles. The molecule has 0 saturated carbocycles. The summed E-state index contributed by atoms with van der Waals surface area (Å²) in [6, 6.07) is 0. The zero-order valence-corrected chi connectivity index (χ0v) is 9.97. The summed E-state index contributed by atoms with van der Waals surface area (Å²) in [5, 5.41) is 8.59. The zero-order valence-electron chi connectivity index (χ0n) is 9.97. The third kappa shape index (κ3) is 13.3. The van der Waals surface area contributed by atoms with Crippen LogP contribution in [-0.2, 0) is 0 Å². The third-order valence-electron chi connectivity index (χ3n) is 2.29. The number of aliphatic hydroxyl groups is 1. The second-order valence-corrected chi connectivity index (χ2v) is 3.72. The molecule has 1 heteroatoms. The molecule has 0 atom stereocenters. The Morgan fingerprint density at radius 2 is 1.60 bits per heavy atom. The monoisotopic (exact) mass is 208 g/mol. The summed E-state index contributed by atoms with van der Waals surface area (Å²) in [6.45, 7) is 2.37. The van der Waals surface area contributed by atoms with Gasteiger partial charge in [0, 0.05) is 19.4 Å². The van der Waals surface area contributed by atoms with Gasteiger partial charge in [0.15, 0.2) is 0 Å². The Hall–Kier alpha value is -0.740. The Bertz CT molecular complexity index is 195. The lowest BCUT2D eigenvalue weighted by atomic mass is 10.1. The van der Waals surface area contributed by atoms with E-state index in [0.29, 0.717) is 6.61 Å². The average Bonchev–Trinajstić information content (AvgIpc) is 2.26. The fourth-order valence-electron chi connectivity index (χ4n) is 1.37. The molecular weight excluding hydrogens is 184 g/mol. The van der Waals surface area contributed by atoms with E-state index < -0.39 is 0 Å². The van der Waals surface area contributed by atoms with Crippen LogP contribution in [0.25, 0.3) is 0 Å². The smallest absolute Gasteiger partial charge is 0.0431 e. The minimum Gasteiger partial charge on any atom is -0.396 e. The summed E-state index contributed by atoms with van der Waals surface area (Å²) in [5.41, 5.74) is 0. The molecule has 86 valence electrons. The maximum atomic E-state index is 8.59. The second-order valence-electron chi connectivity index (χ2n) is 3.72. The van der Waals surface area contributed by atoms with Crippen LogP contribution in [0.1, 0.15) is 58.3 Å². The number of allylic oxidation sites excluding steroid dienone is 2. The van der Waals surface area contributed by atoms with Crippen molar-refractivity contribution in [3.63, 3.8) is 0 Å². The Morgan fingerprint density at radius 3 is 2.27 bits per heavy atom. The molecule has 0 bridgehead atoms. The minimum absolute atomic E-state index is 0.344. The largest absolute Gasteiger partial charge is 0.396 e. The molecule has 15 heavy (non-hydrogen) atoms. The molecule has 0 aliphatic heterocycles. The van der Waals surface area contributed by atoms with Crippen molar-refractivity contribution >= 4 is 0 Å². The van der Waals surface area contributed by atoms with Gasteiger partial charge >= 0.3 is 0 Å². The van der Waals surface area contributed by atoms with Crippen LogP contribution in [0.15, 0.2) is 12.2 Å². The van der Waals surface area contributed by atoms with Crippen LogP contribution in [0, 0.1) is 11.8 Å². The highest BCUT2D eigenvalue weighted by atomic mass is 16.2. The SMILES string of the molecule is C/C=C/CC#CCCCCCCCCO. The van der Waals surface area contributed by atoms with Gasteiger partial charge in [0.25, 0.3) is 0 Å². The van der Waals surface area contributed by atoms with Gasteiger partial charge < -0.3 is 5.11 Å². The molecule has 0 radical (unpaired) electrons. The Kier molecular flexibility index (Phi) is 12.6. The fourth-order valence-corrected chi connectivity index (χ4v) is 1.37. The topological polar surface area (TPSA) is 20.2 Å². The molecule has 0 aliphatic carbocycles. The van der Waals surface area contributed by atoms with Crippen LogP contribution in [-0.4, -0.2) is 11.7 Å². The number of hydrogen-bond acceptors (Lipinski definition) is 1. The zero-order chi connectivity index (χ0) is 11.2. The van der Waals surface area contributed by atoms with Crippen LogP contribution in [0.5, 0.6) is 0 Å². The van der Waals surface area contributed by atoms with Crippen molar-refractivity contribution in [1.29, 1.82) is 0 Å². The van der Waals surface area contributed by atoms with Crippen LogP contribution in [0.3, 0.4) is 0 Å². The molecule has 0 aromatic heterocycles. The van der Waals surface area contributed by atoms with E-state index in [2.05, 4.69) is 17.9 Å². The van der Waals surface area contributed by atoms with Gasteiger partial charge in [-0.05, 0) is 19.8 Å². The Balaban J connectivity index is 3.06. The van der Waals surface area contributed by atoms with Gasteiger partial charge in [-0.3, -0.25) is 0 Å². The van der Waals surface area contributed by atoms with Crippen LogP contribution >= 0.6 is 0 Å². The molecule has 0 aromatic carbocycles. The lowest BCUT2D eigenvalue weighted by Crippen LogP contribution is -1.83. The van der Waals surface area contributed by atoms with Crippen molar-refractivity contribution in [1.82, 2.24) is 0 Å². The quantitative estimate of drug-likeness (QED) is 0.366. The molecule has 0 amide bonds. The van der Waals surface area contributed by atoms with E-state index in [4.69, 9.17) is 5.11 Å². The van der Waals surface area contributed by atoms with Gasteiger partial charge in [-0.15, -0.1) is 5.92 Å². The van der Waals surface area contributed by atoms with Crippen LogP contribution in [0.4, 0.5) is 0 Å². The van der Waals surface area contributed by atoms with Crippen molar-refractivity contribution < 1.29 is 5.11 Å². The van der Waals surface area contributed by atoms with E-state index >= 15 is 0 Å². The molecule has 0 fully saturated rings. The van der Waals surface area contributed by atoms with E-state index in [-0.39, 0.29) is 0 Å². The first-order valence-corrected chi connectivity index (χ1v) is 6.09. The van der Waals surface area contributed by atoms with Gasteiger partial charge in [-0.1, -0.05) is 43.8 Å². The third-order valence-corrected chi connectivity index (χ3v) is 2.29. The van der Waals surface area contributed by atoms with E-state index in [1.807, 2.05) is 13.0 Å². The molecule has 1 N–H and O–H groups in total. The van der Waals surface area contributed by atoms with Crippen molar-refractivity contribution in [3.05, 3.63) is 12.2 Å². The van der Waals surface area contributed by atoms with E-state index in [9.17, 15) is 0 Å². The lowest BCUT2D eigenvalue weighted by Gasteiger charge is -1.97. The summed E-state index contributed by atoms with van der Waals surface area (Å²) < 4.78 is 0. The molecule has 0 heterocycles. The minimum atomic E-state index is 0.344. The van der Waals surface area contributed by atoms with Crippen molar-refractivity contribution in [2.45, 2.75) is 58.3 Å². The lowest BCUT2D eigenvalue weighted by molar-refractivity contribution is 0.282. The number of rotatable bonds is 8. The summed E-state index contributed by atoms with van der Waals surface area (Å²) >= 11 is 0. The Morgan fingerprint density at radius 1 is 0.933 bits per heavy atom. The molecule has 0 unspecified atom stereocenters. The molecule has 0 aliphatic rings. The Labute approximate surface area is 94.6 Å². The van der Waals surface area contributed by atoms with Gasteiger partial charge in [-0.25, -0.2) is 0 Å². The van der Waals surface area contributed by atoms with Gasteiger partial charge in [0.2, 0.25) is 0 Å². The summed E-state index contributed by atoms with van der Waals surface area (Å²) in [5.74, 6) is 6.31. The highest BCUT2D eigenvalue weighted by Gasteiger charge is 1.89. The van der Waals surface area contributed by atoms with Gasteiger partial charge in [0.1, 0.15) is 0 Å². The number of aliphatic hydroxyl groups excluding tert-OH is 1. The van der Waals surface area contributed by atoms with E-state index in [1.54, 1.807) is 0 Å². The first-order chi connectivity index (χ1) is 7.41. The first kappa shape index (κ1) is 14.3. The average molecular weight is 208 g/mol. The molecule has 0 rings (SSSR count). The highest BCUT2D eigenvalue weighted by Crippen LogP contribution is 2.06. The molecule has 1 nitrogen and oxygen atoms in total. The normalized spacial score (nSPS) is 10.3. The maximum Gasteiger partial charge on any atom is 0.0431 e.